The van der Waals surface area contributed by atoms with E-state index in [1.54, 1.807) is 0 Å². The number of hydrogen-bond donors (Lipinski definition) is 0. The number of furan rings is 1. The van der Waals surface area contributed by atoms with Crippen molar-refractivity contribution >= 4 is 49.8 Å². The van der Waals surface area contributed by atoms with Gasteiger partial charge in [-0.15, -0.1) is 0 Å². The highest BCUT2D eigenvalue weighted by Crippen LogP contribution is 2.54. The van der Waals surface area contributed by atoms with Crippen molar-refractivity contribution in [1.29, 1.82) is 0 Å². The topological polar surface area (TPSA) is 16.4 Å². The van der Waals surface area contributed by atoms with Crippen LogP contribution in [0.15, 0.2) is 132 Å². The van der Waals surface area contributed by atoms with Gasteiger partial charge in [0.2, 0.25) is 0 Å². The largest absolute Gasteiger partial charge is 0.454 e. The summed E-state index contributed by atoms with van der Waals surface area (Å²) >= 11 is 0. The van der Waals surface area contributed by atoms with Crippen molar-refractivity contribution in [1.82, 2.24) is 0 Å². The van der Waals surface area contributed by atoms with E-state index in [1.807, 2.05) is 6.07 Å². The lowest BCUT2D eigenvalue weighted by molar-refractivity contribution is 0.661. The molecule has 1 heterocycles. The first-order valence-corrected chi connectivity index (χ1v) is 13.5. The molecule has 39 heavy (non-hydrogen) atoms. The fourth-order valence-electron chi connectivity index (χ4n) is 6.61. The van der Waals surface area contributed by atoms with Crippen molar-refractivity contribution in [2.75, 3.05) is 4.90 Å². The number of fused-ring (bicyclic) bond motifs is 8. The highest BCUT2D eigenvalue weighted by atomic mass is 16.3. The number of nitrogens with zero attached hydrogens (tertiary/aromatic N) is 1. The summed E-state index contributed by atoms with van der Waals surface area (Å²) in [6.45, 7) is 4.70. The minimum Gasteiger partial charge on any atom is -0.454 e. The van der Waals surface area contributed by atoms with Gasteiger partial charge in [-0.2, -0.15) is 0 Å². The van der Waals surface area contributed by atoms with Crippen molar-refractivity contribution in [3.8, 4) is 11.1 Å². The molecule has 0 unspecified atom stereocenters. The monoisotopic (exact) mass is 501 g/mol. The second-order valence-corrected chi connectivity index (χ2v) is 11.0. The van der Waals surface area contributed by atoms with E-state index in [4.69, 9.17) is 4.42 Å². The second-order valence-electron chi connectivity index (χ2n) is 11.0. The van der Waals surface area contributed by atoms with Crippen LogP contribution in [-0.2, 0) is 5.41 Å². The Labute approximate surface area is 227 Å². The van der Waals surface area contributed by atoms with E-state index in [0.717, 1.165) is 39.0 Å². The lowest BCUT2D eigenvalue weighted by Crippen LogP contribution is -2.17. The van der Waals surface area contributed by atoms with Crippen LogP contribution in [-0.4, -0.2) is 0 Å². The van der Waals surface area contributed by atoms with E-state index in [-0.39, 0.29) is 5.41 Å². The summed E-state index contributed by atoms with van der Waals surface area (Å²) in [7, 11) is 0. The molecule has 0 fully saturated rings. The predicted octanol–water partition coefficient (Wildman–Crippen LogP) is 10.5. The summed E-state index contributed by atoms with van der Waals surface area (Å²) in [6, 6.07) is 45.6. The summed E-state index contributed by atoms with van der Waals surface area (Å²) in [5.41, 5.74) is 10.4. The molecule has 8 rings (SSSR count). The van der Waals surface area contributed by atoms with Gasteiger partial charge in [-0.25, -0.2) is 0 Å². The van der Waals surface area contributed by atoms with Crippen LogP contribution in [0.1, 0.15) is 25.0 Å². The Bertz CT molecular complexity index is 2050. The minimum absolute atomic E-state index is 0.113. The summed E-state index contributed by atoms with van der Waals surface area (Å²) < 4.78 is 6.56. The molecule has 186 valence electrons. The van der Waals surface area contributed by atoms with Gasteiger partial charge < -0.3 is 9.32 Å². The van der Waals surface area contributed by atoms with Gasteiger partial charge in [0.1, 0.15) is 5.58 Å². The zero-order chi connectivity index (χ0) is 26.1. The maximum absolute atomic E-state index is 6.56. The van der Waals surface area contributed by atoms with Crippen LogP contribution >= 0.6 is 0 Å². The normalized spacial score (nSPS) is 13.6. The van der Waals surface area contributed by atoms with Crippen molar-refractivity contribution < 1.29 is 4.42 Å². The van der Waals surface area contributed by atoms with E-state index in [1.165, 1.54) is 33.0 Å². The first-order chi connectivity index (χ1) is 19.1. The van der Waals surface area contributed by atoms with Crippen molar-refractivity contribution in [2.24, 2.45) is 0 Å². The average Bonchev–Trinajstić information content (AvgIpc) is 3.47. The lowest BCUT2D eigenvalue weighted by atomic mass is 9.81. The molecule has 0 amide bonds. The van der Waals surface area contributed by atoms with E-state index in [9.17, 15) is 0 Å². The molecular formula is C37H27NO. The van der Waals surface area contributed by atoms with Gasteiger partial charge >= 0.3 is 0 Å². The quantitative estimate of drug-likeness (QED) is 0.239. The molecule has 1 aliphatic carbocycles. The fraction of sp³-hybridized carbons (Fsp3) is 0.0811. The van der Waals surface area contributed by atoms with Crippen LogP contribution in [0.4, 0.5) is 17.1 Å². The van der Waals surface area contributed by atoms with Gasteiger partial charge in [-0.05, 0) is 58.0 Å². The highest BCUT2D eigenvalue weighted by Gasteiger charge is 2.37. The molecule has 6 aromatic carbocycles. The fourth-order valence-corrected chi connectivity index (χ4v) is 6.61. The molecule has 0 saturated carbocycles. The second kappa shape index (κ2) is 8.09. The Morgan fingerprint density at radius 3 is 2.05 bits per heavy atom. The highest BCUT2D eigenvalue weighted by molar-refractivity contribution is 6.14. The first kappa shape index (κ1) is 22.2. The van der Waals surface area contributed by atoms with Gasteiger partial charge in [0.25, 0.3) is 0 Å². The van der Waals surface area contributed by atoms with Crippen molar-refractivity contribution in [3.63, 3.8) is 0 Å². The van der Waals surface area contributed by atoms with E-state index < -0.39 is 0 Å². The Balaban J connectivity index is 1.49. The maximum Gasteiger partial charge on any atom is 0.159 e. The van der Waals surface area contributed by atoms with Gasteiger partial charge in [0.15, 0.2) is 5.58 Å². The smallest absolute Gasteiger partial charge is 0.159 e. The van der Waals surface area contributed by atoms with Crippen LogP contribution < -0.4 is 4.90 Å². The molecule has 0 atom stereocenters. The van der Waals surface area contributed by atoms with Crippen LogP contribution in [0.25, 0.3) is 43.8 Å². The molecule has 0 N–H and O–H groups in total. The Kier molecular flexibility index (Phi) is 4.60. The van der Waals surface area contributed by atoms with E-state index in [2.05, 4.69) is 140 Å². The van der Waals surface area contributed by atoms with E-state index in [0.29, 0.717) is 0 Å². The third-order valence-corrected chi connectivity index (χ3v) is 8.45. The third-order valence-electron chi connectivity index (χ3n) is 8.45. The number of rotatable bonds is 3. The number of benzene rings is 6. The number of para-hydroxylation sites is 3. The average molecular weight is 502 g/mol. The van der Waals surface area contributed by atoms with Crippen LogP contribution in [0.3, 0.4) is 0 Å². The molecule has 2 nitrogen and oxygen atoms in total. The summed E-state index contributed by atoms with van der Waals surface area (Å²) in [6.07, 6.45) is 0. The molecule has 0 saturated heterocycles. The Morgan fingerprint density at radius 1 is 0.538 bits per heavy atom. The number of hydrogen-bond acceptors (Lipinski definition) is 2. The predicted molar refractivity (Wildman–Crippen MR) is 163 cm³/mol. The Morgan fingerprint density at radius 2 is 1.21 bits per heavy atom. The van der Waals surface area contributed by atoms with Gasteiger partial charge in [0, 0.05) is 27.3 Å². The summed E-state index contributed by atoms with van der Waals surface area (Å²) in [5, 5.41) is 4.77. The molecule has 1 aliphatic rings. The summed E-state index contributed by atoms with van der Waals surface area (Å²) in [4.78, 5) is 2.38. The van der Waals surface area contributed by atoms with E-state index >= 15 is 0 Å². The van der Waals surface area contributed by atoms with Gasteiger partial charge in [-0.1, -0.05) is 111 Å². The SMILES string of the molecule is CC1(C)c2ccccc2-c2c1cc(N(c1ccccc1)c1cccc3c1oc1ccccc13)c1ccccc21. The lowest BCUT2D eigenvalue weighted by Gasteiger charge is -2.29. The molecule has 0 bridgehead atoms. The Hall–Kier alpha value is -4.82. The van der Waals surface area contributed by atoms with Gasteiger partial charge in [-0.3, -0.25) is 0 Å². The molecule has 0 aliphatic heterocycles. The zero-order valence-corrected chi connectivity index (χ0v) is 22.0. The van der Waals surface area contributed by atoms with Crippen molar-refractivity contribution in [3.05, 3.63) is 139 Å². The molecule has 7 aromatic rings. The molecule has 0 radical (unpaired) electrons. The number of anilines is 3. The standard InChI is InChI=1S/C37H27NO/c1-37(2)30-20-10-8-18-29(30)35-27-17-7-6-15-25(27)33(23-31(35)37)38(24-13-4-3-5-14-24)32-21-12-19-28-26-16-9-11-22-34(26)39-36(28)32/h3-23H,1-2H3. The minimum atomic E-state index is -0.113. The molecular weight excluding hydrogens is 474 g/mol. The van der Waals surface area contributed by atoms with Gasteiger partial charge in [0.05, 0.1) is 11.4 Å². The third kappa shape index (κ3) is 3.09. The van der Waals surface area contributed by atoms with Crippen LogP contribution in [0.2, 0.25) is 0 Å². The molecule has 2 heteroatoms. The van der Waals surface area contributed by atoms with Crippen LogP contribution in [0, 0.1) is 0 Å². The first-order valence-electron chi connectivity index (χ1n) is 13.5. The molecule has 0 spiro atoms. The van der Waals surface area contributed by atoms with Crippen LogP contribution in [0.5, 0.6) is 0 Å². The summed E-state index contributed by atoms with van der Waals surface area (Å²) in [5.74, 6) is 0. The zero-order valence-electron chi connectivity index (χ0n) is 22.0. The van der Waals surface area contributed by atoms with Crippen molar-refractivity contribution in [2.45, 2.75) is 19.3 Å². The maximum atomic E-state index is 6.56. The molecule has 1 aromatic heterocycles.